The van der Waals surface area contributed by atoms with E-state index in [4.69, 9.17) is 0 Å². The zero-order valence-corrected chi connectivity index (χ0v) is 17.0. The van der Waals surface area contributed by atoms with Crippen LogP contribution in [0.2, 0.25) is 0 Å². The topological polar surface area (TPSA) is 112 Å². The zero-order valence-electron chi connectivity index (χ0n) is 16.2. The second-order valence-corrected chi connectivity index (χ2v) is 7.01. The van der Waals surface area contributed by atoms with Crippen LogP contribution in [0.3, 0.4) is 0 Å². The number of rotatable bonds is 9. The number of non-ortho nitro benzene ring substituents is 1. The molecule has 12 heteroatoms. The number of alkyl halides is 2. The molecule has 0 aliphatic rings. The molecule has 0 saturated heterocycles. The van der Waals surface area contributed by atoms with Crippen molar-refractivity contribution in [2.45, 2.75) is 25.2 Å². The van der Waals surface area contributed by atoms with Gasteiger partial charge in [0.2, 0.25) is 5.91 Å². The Labute approximate surface area is 179 Å². The van der Waals surface area contributed by atoms with Crippen LogP contribution < -0.4 is 10.1 Å². The minimum atomic E-state index is -2.98. The summed E-state index contributed by atoms with van der Waals surface area (Å²) in [5.41, 5.74) is 0.520. The van der Waals surface area contributed by atoms with Gasteiger partial charge in [0.15, 0.2) is 11.0 Å². The summed E-state index contributed by atoms with van der Waals surface area (Å²) in [5.74, 6) is -0.116. The number of benzene rings is 2. The van der Waals surface area contributed by atoms with Gasteiger partial charge in [0.05, 0.1) is 16.2 Å². The lowest BCUT2D eigenvalue weighted by Crippen LogP contribution is -2.14. The maximum absolute atomic E-state index is 12.7. The number of ether oxygens (including phenoxy) is 1. The van der Waals surface area contributed by atoms with Crippen LogP contribution in [0.1, 0.15) is 6.92 Å². The Morgan fingerprint density at radius 2 is 2.03 bits per heavy atom. The minimum Gasteiger partial charge on any atom is -0.434 e. The lowest BCUT2D eigenvalue weighted by molar-refractivity contribution is -0.384. The number of hydrogen-bond donors (Lipinski definition) is 1. The third kappa shape index (κ3) is 5.54. The molecule has 31 heavy (non-hydrogen) atoms. The lowest BCUT2D eigenvalue weighted by atomic mass is 10.2. The third-order valence-electron chi connectivity index (χ3n) is 4.05. The highest BCUT2D eigenvalue weighted by atomic mass is 32.2. The number of carbonyl (C=O) groups is 1. The van der Waals surface area contributed by atoms with E-state index in [9.17, 15) is 23.7 Å². The number of aromatic nitrogens is 3. The van der Waals surface area contributed by atoms with E-state index < -0.39 is 11.5 Å². The maximum atomic E-state index is 12.7. The largest absolute Gasteiger partial charge is 0.434 e. The van der Waals surface area contributed by atoms with Crippen molar-refractivity contribution in [3.05, 3.63) is 58.6 Å². The first kappa shape index (κ1) is 22.2. The monoisotopic (exact) mass is 449 g/mol. The summed E-state index contributed by atoms with van der Waals surface area (Å²) in [6, 6.07) is 11.8. The second-order valence-electron chi connectivity index (χ2n) is 6.07. The summed E-state index contributed by atoms with van der Waals surface area (Å²) in [6.07, 6.45) is 0. The molecular weight excluding hydrogens is 432 g/mol. The molecule has 9 nitrogen and oxygen atoms in total. The first-order valence-electron chi connectivity index (χ1n) is 9.03. The van der Waals surface area contributed by atoms with E-state index in [1.54, 1.807) is 28.8 Å². The van der Waals surface area contributed by atoms with E-state index in [1.807, 2.05) is 6.92 Å². The number of nitro benzene ring substituents is 1. The molecular formula is C19H17F2N5O4S. The number of nitrogens with zero attached hydrogens (tertiary/aromatic N) is 4. The average molecular weight is 449 g/mol. The van der Waals surface area contributed by atoms with Crippen LogP contribution in [0.5, 0.6) is 5.75 Å². The SMILES string of the molecule is CCn1c(SCC(=O)Nc2cccc([N+](=O)[O-])c2)nnc1-c1ccccc1OC(F)F. The van der Waals surface area contributed by atoms with Gasteiger partial charge in [0, 0.05) is 24.4 Å². The van der Waals surface area contributed by atoms with Gasteiger partial charge >= 0.3 is 6.61 Å². The van der Waals surface area contributed by atoms with Gasteiger partial charge in [0.25, 0.3) is 5.69 Å². The average Bonchev–Trinajstić information content (AvgIpc) is 3.15. The highest BCUT2D eigenvalue weighted by Gasteiger charge is 2.19. The molecule has 0 aliphatic carbocycles. The normalized spacial score (nSPS) is 10.8. The molecule has 1 aromatic heterocycles. The number of carbonyl (C=O) groups excluding carboxylic acids is 1. The predicted octanol–water partition coefficient (Wildman–Crippen LogP) is 4.21. The number of nitrogens with one attached hydrogen (secondary N) is 1. The molecule has 0 radical (unpaired) electrons. The van der Waals surface area contributed by atoms with Crippen molar-refractivity contribution in [2.24, 2.45) is 0 Å². The number of thioether (sulfide) groups is 1. The van der Waals surface area contributed by atoms with Gasteiger partial charge in [-0.1, -0.05) is 30.0 Å². The van der Waals surface area contributed by atoms with Crippen molar-refractivity contribution in [3.63, 3.8) is 0 Å². The lowest BCUT2D eigenvalue weighted by Gasteiger charge is -2.11. The zero-order chi connectivity index (χ0) is 22.4. The van der Waals surface area contributed by atoms with E-state index in [2.05, 4.69) is 20.3 Å². The standard InChI is InChI=1S/C19H17F2N5O4S/c1-2-25-17(14-8-3-4-9-15(14)30-18(20)21)23-24-19(25)31-11-16(27)22-12-6-5-7-13(10-12)26(28)29/h3-10,18H,2,11H2,1H3,(H,22,27). The Morgan fingerprint density at radius 1 is 1.26 bits per heavy atom. The van der Waals surface area contributed by atoms with Crippen LogP contribution in [-0.2, 0) is 11.3 Å². The molecule has 0 fully saturated rings. The molecule has 0 aliphatic heterocycles. The summed E-state index contributed by atoms with van der Waals surface area (Å²) in [4.78, 5) is 22.5. The molecule has 3 rings (SSSR count). The van der Waals surface area contributed by atoms with Crippen molar-refractivity contribution in [1.82, 2.24) is 14.8 Å². The summed E-state index contributed by atoms with van der Waals surface area (Å²) >= 11 is 1.10. The first-order chi connectivity index (χ1) is 14.9. The summed E-state index contributed by atoms with van der Waals surface area (Å²) in [6.45, 7) is -0.720. The van der Waals surface area contributed by atoms with Crippen LogP contribution in [0.15, 0.2) is 53.7 Å². The van der Waals surface area contributed by atoms with Crippen LogP contribution in [0.4, 0.5) is 20.2 Å². The third-order valence-corrected chi connectivity index (χ3v) is 5.02. The fourth-order valence-electron chi connectivity index (χ4n) is 2.75. The van der Waals surface area contributed by atoms with E-state index in [0.717, 1.165) is 11.8 Å². The van der Waals surface area contributed by atoms with E-state index >= 15 is 0 Å². The van der Waals surface area contributed by atoms with Gasteiger partial charge in [-0.3, -0.25) is 14.9 Å². The van der Waals surface area contributed by atoms with E-state index in [-0.39, 0.29) is 23.1 Å². The van der Waals surface area contributed by atoms with Gasteiger partial charge in [0.1, 0.15) is 5.75 Å². The van der Waals surface area contributed by atoms with Gasteiger partial charge in [-0.15, -0.1) is 10.2 Å². The Balaban J connectivity index is 1.73. The number of amides is 1. The van der Waals surface area contributed by atoms with Crippen molar-refractivity contribution in [2.75, 3.05) is 11.1 Å². The second kappa shape index (κ2) is 9.98. The molecule has 3 aromatic rings. The predicted molar refractivity (Wildman–Crippen MR) is 110 cm³/mol. The number of anilines is 1. The molecule has 0 spiro atoms. The number of halogens is 2. The van der Waals surface area contributed by atoms with Crippen LogP contribution in [-0.4, -0.2) is 38.0 Å². The Morgan fingerprint density at radius 3 is 2.74 bits per heavy atom. The number of para-hydroxylation sites is 1. The van der Waals surface area contributed by atoms with Crippen LogP contribution in [0.25, 0.3) is 11.4 Å². The van der Waals surface area contributed by atoms with Gasteiger partial charge in [-0.25, -0.2) is 0 Å². The molecule has 1 heterocycles. The maximum Gasteiger partial charge on any atom is 0.387 e. The van der Waals surface area contributed by atoms with Crippen molar-refractivity contribution in [1.29, 1.82) is 0 Å². The van der Waals surface area contributed by atoms with E-state index in [0.29, 0.717) is 28.8 Å². The van der Waals surface area contributed by atoms with Gasteiger partial charge in [-0.05, 0) is 25.1 Å². The first-order valence-corrected chi connectivity index (χ1v) is 10.0. The van der Waals surface area contributed by atoms with Crippen LogP contribution in [0, 0.1) is 10.1 Å². The number of nitro groups is 1. The summed E-state index contributed by atoms with van der Waals surface area (Å²) in [5, 5.41) is 22.0. The summed E-state index contributed by atoms with van der Waals surface area (Å²) < 4.78 is 31.7. The minimum absolute atomic E-state index is 0.0282. The summed E-state index contributed by atoms with van der Waals surface area (Å²) in [7, 11) is 0. The van der Waals surface area contributed by atoms with Crippen molar-refractivity contribution < 1.29 is 23.2 Å². The Kier molecular flexibility index (Phi) is 7.13. The molecule has 1 amide bonds. The molecule has 0 unspecified atom stereocenters. The highest BCUT2D eigenvalue weighted by molar-refractivity contribution is 7.99. The van der Waals surface area contributed by atoms with E-state index in [1.165, 1.54) is 24.3 Å². The molecule has 0 saturated carbocycles. The highest BCUT2D eigenvalue weighted by Crippen LogP contribution is 2.32. The van der Waals surface area contributed by atoms with Crippen LogP contribution >= 0.6 is 11.8 Å². The van der Waals surface area contributed by atoms with Gasteiger partial charge < -0.3 is 14.6 Å². The molecule has 162 valence electrons. The van der Waals surface area contributed by atoms with Crippen molar-refractivity contribution in [3.8, 4) is 17.1 Å². The smallest absolute Gasteiger partial charge is 0.387 e. The van der Waals surface area contributed by atoms with Gasteiger partial charge in [-0.2, -0.15) is 8.78 Å². The van der Waals surface area contributed by atoms with Crippen molar-refractivity contribution >= 4 is 29.0 Å². The molecule has 0 atom stereocenters. The molecule has 2 aromatic carbocycles. The Bertz CT molecular complexity index is 1090. The fourth-order valence-corrected chi connectivity index (χ4v) is 3.56. The fraction of sp³-hybridized carbons (Fsp3) is 0.211. The quantitative estimate of drug-likeness (QED) is 0.296. The Hall–Kier alpha value is -3.54. The molecule has 1 N–H and O–H groups in total. The number of hydrogen-bond acceptors (Lipinski definition) is 7. The molecule has 0 bridgehead atoms.